The van der Waals surface area contributed by atoms with Crippen LogP contribution in [0.15, 0.2) is 0 Å². The Morgan fingerprint density at radius 2 is 2.19 bits per heavy atom. The van der Waals surface area contributed by atoms with Crippen LogP contribution in [-0.2, 0) is 9.59 Å². The molecule has 2 fully saturated rings. The van der Waals surface area contributed by atoms with E-state index < -0.39 is 6.10 Å². The van der Waals surface area contributed by atoms with E-state index in [0.29, 0.717) is 26.1 Å². The first-order valence-corrected chi connectivity index (χ1v) is 5.90. The van der Waals surface area contributed by atoms with Gasteiger partial charge in [0.2, 0.25) is 11.8 Å². The van der Waals surface area contributed by atoms with Gasteiger partial charge in [-0.15, -0.1) is 0 Å². The molecule has 0 bridgehead atoms. The van der Waals surface area contributed by atoms with E-state index in [0.717, 1.165) is 19.3 Å². The van der Waals surface area contributed by atoms with E-state index >= 15 is 0 Å². The third-order valence-corrected chi connectivity index (χ3v) is 3.25. The van der Waals surface area contributed by atoms with Crippen LogP contribution in [0.3, 0.4) is 0 Å². The molecular formula is C11H18N2O3. The Bertz CT molecular complexity index is 293. The molecule has 0 spiro atoms. The lowest BCUT2D eigenvalue weighted by molar-refractivity contribution is -0.140. The Morgan fingerprint density at radius 1 is 1.38 bits per heavy atom. The Balaban J connectivity index is 1.85. The van der Waals surface area contributed by atoms with Crippen molar-refractivity contribution >= 4 is 11.8 Å². The summed E-state index contributed by atoms with van der Waals surface area (Å²) in [6.45, 7) is 2.01. The first kappa shape index (κ1) is 11.4. The summed E-state index contributed by atoms with van der Waals surface area (Å²) < 4.78 is 0. The predicted molar refractivity (Wildman–Crippen MR) is 57.6 cm³/mol. The lowest BCUT2D eigenvalue weighted by Gasteiger charge is -2.31. The summed E-state index contributed by atoms with van der Waals surface area (Å²) in [5.41, 5.74) is 0. The zero-order valence-corrected chi connectivity index (χ0v) is 9.39. The number of carbonyl (C=O) groups is 2. The van der Waals surface area contributed by atoms with E-state index in [4.69, 9.17) is 0 Å². The quantitative estimate of drug-likeness (QED) is 0.696. The second-order valence-corrected chi connectivity index (χ2v) is 4.55. The highest BCUT2D eigenvalue weighted by Gasteiger charge is 2.27. The van der Waals surface area contributed by atoms with Gasteiger partial charge in [0.25, 0.3) is 0 Å². The van der Waals surface area contributed by atoms with Gasteiger partial charge in [0.1, 0.15) is 0 Å². The van der Waals surface area contributed by atoms with Gasteiger partial charge in [-0.2, -0.15) is 0 Å². The van der Waals surface area contributed by atoms with Gasteiger partial charge in [-0.3, -0.25) is 9.59 Å². The molecule has 2 saturated heterocycles. The monoisotopic (exact) mass is 226 g/mol. The molecule has 0 aromatic heterocycles. The Morgan fingerprint density at radius 3 is 2.81 bits per heavy atom. The summed E-state index contributed by atoms with van der Waals surface area (Å²) in [4.78, 5) is 26.5. The van der Waals surface area contributed by atoms with Crippen molar-refractivity contribution in [2.75, 3.05) is 26.2 Å². The third kappa shape index (κ3) is 2.52. The second kappa shape index (κ2) is 4.82. The van der Waals surface area contributed by atoms with Crippen LogP contribution in [0.5, 0.6) is 0 Å². The number of aliphatic hydroxyl groups is 1. The summed E-state index contributed by atoms with van der Waals surface area (Å²) >= 11 is 0. The molecule has 1 N–H and O–H groups in total. The zero-order chi connectivity index (χ0) is 11.5. The van der Waals surface area contributed by atoms with E-state index in [1.54, 1.807) is 9.80 Å². The van der Waals surface area contributed by atoms with Gasteiger partial charge in [0.15, 0.2) is 0 Å². The van der Waals surface area contributed by atoms with Gasteiger partial charge in [-0.05, 0) is 19.3 Å². The molecule has 2 amide bonds. The molecule has 0 saturated carbocycles. The SMILES string of the molecule is O=C1CCCN1CC(=O)N1CCCC(O)C1. The van der Waals surface area contributed by atoms with E-state index in [9.17, 15) is 14.7 Å². The topological polar surface area (TPSA) is 60.9 Å². The largest absolute Gasteiger partial charge is 0.391 e. The summed E-state index contributed by atoms with van der Waals surface area (Å²) in [7, 11) is 0. The first-order valence-electron chi connectivity index (χ1n) is 5.90. The van der Waals surface area contributed by atoms with Crippen LogP contribution in [-0.4, -0.2) is 59.0 Å². The van der Waals surface area contributed by atoms with E-state index in [2.05, 4.69) is 0 Å². The van der Waals surface area contributed by atoms with E-state index in [1.807, 2.05) is 0 Å². The molecule has 2 aliphatic rings. The molecule has 90 valence electrons. The molecule has 5 heteroatoms. The minimum atomic E-state index is -0.396. The number of β-amino-alcohol motifs (C(OH)–C–C–N with tert-alkyl or cyclic N) is 1. The maximum Gasteiger partial charge on any atom is 0.242 e. The lowest BCUT2D eigenvalue weighted by Crippen LogP contribution is -2.46. The predicted octanol–water partition coefficient (Wildman–Crippen LogP) is -0.408. The van der Waals surface area contributed by atoms with Crippen molar-refractivity contribution < 1.29 is 14.7 Å². The standard InChI is InChI=1S/C11H18N2O3/c14-9-3-1-5-12(7-9)11(16)8-13-6-2-4-10(13)15/h9,14H,1-8H2. The van der Waals surface area contributed by atoms with Crippen molar-refractivity contribution in [1.82, 2.24) is 9.80 Å². The zero-order valence-electron chi connectivity index (χ0n) is 9.39. The normalized spacial score (nSPS) is 26.3. The Hall–Kier alpha value is -1.10. The highest BCUT2D eigenvalue weighted by atomic mass is 16.3. The van der Waals surface area contributed by atoms with Crippen molar-refractivity contribution in [1.29, 1.82) is 0 Å². The van der Waals surface area contributed by atoms with Crippen LogP contribution in [0.4, 0.5) is 0 Å². The molecule has 2 rings (SSSR count). The molecule has 5 nitrogen and oxygen atoms in total. The van der Waals surface area contributed by atoms with Crippen molar-refractivity contribution in [2.24, 2.45) is 0 Å². The van der Waals surface area contributed by atoms with E-state index in [1.165, 1.54) is 0 Å². The van der Waals surface area contributed by atoms with Gasteiger partial charge in [-0.25, -0.2) is 0 Å². The summed E-state index contributed by atoms with van der Waals surface area (Å²) in [5.74, 6) is 0.0416. The molecule has 0 aromatic carbocycles. The number of carbonyl (C=O) groups excluding carboxylic acids is 2. The van der Waals surface area contributed by atoms with Crippen LogP contribution in [0, 0.1) is 0 Å². The van der Waals surface area contributed by atoms with Crippen molar-refractivity contribution in [3.8, 4) is 0 Å². The molecule has 0 radical (unpaired) electrons. The average Bonchev–Trinajstić information content (AvgIpc) is 2.64. The highest BCUT2D eigenvalue weighted by Crippen LogP contribution is 2.13. The molecule has 1 atom stereocenters. The number of amides is 2. The number of piperidine rings is 1. The smallest absolute Gasteiger partial charge is 0.242 e. The average molecular weight is 226 g/mol. The van der Waals surface area contributed by atoms with Gasteiger partial charge < -0.3 is 14.9 Å². The minimum absolute atomic E-state index is 0.0333. The fourth-order valence-electron chi connectivity index (χ4n) is 2.32. The number of likely N-dealkylation sites (tertiary alicyclic amines) is 2. The number of nitrogens with zero attached hydrogens (tertiary/aromatic N) is 2. The number of hydrogen-bond acceptors (Lipinski definition) is 3. The second-order valence-electron chi connectivity index (χ2n) is 4.55. The molecule has 2 heterocycles. The van der Waals surface area contributed by atoms with Crippen LogP contribution >= 0.6 is 0 Å². The lowest BCUT2D eigenvalue weighted by atomic mass is 10.1. The van der Waals surface area contributed by atoms with Crippen molar-refractivity contribution in [2.45, 2.75) is 31.8 Å². The molecule has 16 heavy (non-hydrogen) atoms. The molecule has 0 aliphatic carbocycles. The molecule has 1 unspecified atom stereocenters. The third-order valence-electron chi connectivity index (χ3n) is 3.25. The van der Waals surface area contributed by atoms with Crippen molar-refractivity contribution in [3.63, 3.8) is 0 Å². The van der Waals surface area contributed by atoms with Gasteiger partial charge in [-0.1, -0.05) is 0 Å². The number of hydrogen-bond donors (Lipinski definition) is 1. The van der Waals surface area contributed by atoms with E-state index in [-0.39, 0.29) is 18.4 Å². The summed E-state index contributed by atoms with van der Waals surface area (Å²) in [6, 6.07) is 0. The Kier molecular flexibility index (Phi) is 3.43. The Labute approximate surface area is 95.0 Å². The number of rotatable bonds is 2. The summed E-state index contributed by atoms with van der Waals surface area (Å²) in [6.07, 6.45) is 2.64. The van der Waals surface area contributed by atoms with Crippen LogP contribution in [0.25, 0.3) is 0 Å². The maximum atomic E-state index is 11.9. The molecule has 2 aliphatic heterocycles. The fraction of sp³-hybridized carbons (Fsp3) is 0.818. The summed E-state index contributed by atoms with van der Waals surface area (Å²) in [5, 5.41) is 9.47. The van der Waals surface area contributed by atoms with Gasteiger partial charge in [0, 0.05) is 26.1 Å². The first-order chi connectivity index (χ1) is 7.66. The fourth-order valence-corrected chi connectivity index (χ4v) is 2.32. The molecular weight excluding hydrogens is 208 g/mol. The van der Waals surface area contributed by atoms with Crippen LogP contribution < -0.4 is 0 Å². The minimum Gasteiger partial charge on any atom is -0.391 e. The number of aliphatic hydroxyl groups excluding tert-OH is 1. The van der Waals surface area contributed by atoms with Crippen LogP contribution in [0.1, 0.15) is 25.7 Å². The molecule has 0 aromatic rings. The maximum absolute atomic E-state index is 11.9. The van der Waals surface area contributed by atoms with Gasteiger partial charge >= 0.3 is 0 Å². The van der Waals surface area contributed by atoms with Gasteiger partial charge in [0.05, 0.1) is 12.6 Å². The highest BCUT2D eigenvalue weighted by molar-refractivity contribution is 5.85. The van der Waals surface area contributed by atoms with Crippen LogP contribution in [0.2, 0.25) is 0 Å². The van der Waals surface area contributed by atoms with Crippen molar-refractivity contribution in [3.05, 3.63) is 0 Å².